The van der Waals surface area contributed by atoms with Crippen molar-refractivity contribution in [1.82, 2.24) is 5.32 Å². The molecule has 2 aromatic rings. The number of hydrogen-bond donors (Lipinski definition) is 3. The van der Waals surface area contributed by atoms with Crippen molar-refractivity contribution < 1.29 is 9.59 Å². The molecule has 2 unspecified atom stereocenters. The van der Waals surface area contributed by atoms with E-state index >= 15 is 0 Å². The van der Waals surface area contributed by atoms with Crippen LogP contribution in [0.1, 0.15) is 38.5 Å². The van der Waals surface area contributed by atoms with E-state index in [9.17, 15) is 9.59 Å². The van der Waals surface area contributed by atoms with Gasteiger partial charge in [-0.05, 0) is 68.0 Å². The number of carbonyl (C=O) groups is 2. The molecule has 2 aliphatic rings. The van der Waals surface area contributed by atoms with E-state index in [0.717, 1.165) is 54.9 Å². The molecule has 0 bridgehead atoms. The van der Waals surface area contributed by atoms with Gasteiger partial charge in [-0.25, -0.2) is 0 Å². The standard InChI is InChI=1S/C20H22ClN3O2S/c21-12-2-4-13(5-3-12)24-20(26)14-6-1-11(14)9-16-18(19(22)25)15-7-8-23-10-17(15)27-16/h2-5,11,14,23H,1,6-10H2,(H2,22,25)(H,24,26). The highest BCUT2D eigenvalue weighted by Gasteiger charge is 2.38. The predicted molar refractivity (Wildman–Crippen MR) is 108 cm³/mol. The number of amides is 2. The van der Waals surface area contributed by atoms with Crippen LogP contribution in [0.25, 0.3) is 0 Å². The van der Waals surface area contributed by atoms with Crippen LogP contribution in [0, 0.1) is 11.8 Å². The highest BCUT2D eigenvalue weighted by molar-refractivity contribution is 7.12. The largest absolute Gasteiger partial charge is 0.366 e. The lowest BCUT2D eigenvalue weighted by molar-refractivity contribution is -0.124. The van der Waals surface area contributed by atoms with Gasteiger partial charge in [0.05, 0.1) is 5.56 Å². The Balaban J connectivity index is 1.47. The highest BCUT2D eigenvalue weighted by atomic mass is 35.5. The Kier molecular flexibility index (Phi) is 5.21. The number of rotatable bonds is 5. The fraction of sp³-hybridized carbons (Fsp3) is 0.400. The van der Waals surface area contributed by atoms with Gasteiger partial charge < -0.3 is 16.4 Å². The summed E-state index contributed by atoms with van der Waals surface area (Å²) in [5.41, 5.74) is 8.26. The second kappa shape index (κ2) is 7.62. The van der Waals surface area contributed by atoms with E-state index < -0.39 is 0 Å². The minimum absolute atomic E-state index is 0.0290. The van der Waals surface area contributed by atoms with Crippen LogP contribution in [-0.2, 0) is 24.2 Å². The smallest absolute Gasteiger partial charge is 0.250 e. The van der Waals surface area contributed by atoms with Crippen LogP contribution < -0.4 is 16.4 Å². The van der Waals surface area contributed by atoms with Gasteiger partial charge in [0.1, 0.15) is 0 Å². The minimum Gasteiger partial charge on any atom is -0.366 e. The van der Waals surface area contributed by atoms with Gasteiger partial charge in [-0.15, -0.1) is 11.3 Å². The van der Waals surface area contributed by atoms with Gasteiger partial charge in [-0.3, -0.25) is 9.59 Å². The fourth-order valence-corrected chi connectivity index (χ4v) is 5.53. The molecule has 2 amide bonds. The number of carbonyl (C=O) groups excluding carboxylic acids is 2. The monoisotopic (exact) mass is 403 g/mol. The molecule has 27 heavy (non-hydrogen) atoms. The van der Waals surface area contributed by atoms with Crippen LogP contribution in [-0.4, -0.2) is 18.4 Å². The van der Waals surface area contributed by atoms with Crippen molar-refractivity contribution in [3.05, 3.63) is 50.2 Å². The quantitative estimate of drug-likeness (QED) is 0.715. The van der Waals surface area contributed by atoms with E-state index in [1.54, 1.807) is 35.6 Å². The third-order valence-electron chi connectivity index (χ3n) is 5.56. The number of halogens is 1. The molecule has 1 saturated carbocycles. The number of nitrogens with one attached hydrogen (secondary N) is 2. The molecule has 7 heteroatoms. The molecule has 4 rings (SSSR count). The van der Waals surface area contributed by atoms with E-state index in [4.69, 9.17) is 17.3 Å². The van der Waals surface area contributed by atoms with Crippen molar-refractivity contribution in [3.8, 4) is 0 Å². The maximum Gasteiger partial charge on any atom is 0.250 e. The molecule has 1 aromatic heterocycles. The van der Waals surface area contributed by atoms with Gasteiger partial charge in [-0.1, -0.05) is 11.6 Å². The molecule has 142 valence electrons. The second-order valence-electron chi connectivity index (χ2n) is 7.24. The van der Waals surface area contributed by atoms with Gasteiger partial charge in [0.2, 0.25) is 11.8 Å². The zero-order valence-corrected chi connectivity index (χ0v) is 16.5. The zero-order chi connectivity index (χ0) is 19.0. The van der Waals surface area contributed by atoms with E-state index in [2.05, 4.69) is 10.6 Å². The van der Waals surface area contributed by atoms with Crippen LogP contribution in [0.5, 0.6) is 0 Å². The number of nitrogens with two attached hydrogens (primary N) is 1. The Labute approximate surface area is 167 Å². The van der Waals surface area contributed by atoms with Gasteiger partial charge >= 0.3 is 0 Å². The first kappa shape index (κ1) is 18.5. The Bertz CT molecular complexity index is 878. The van der Waals surface area contributed by atoms with Gasteiger partial charge in [0.15, 0.2) is 0 Å². The predicted octanol–water partition coefficient (Wildman–Crippen LogP) is 3.35. The maximum absolute atomic E-state index is 12.7. The molecule has 1 aromatic carbocycles. The van der Waals surface area contributed by atoms with Crippen LogP contribution >= 0.6 is 22.9 Å². The summed E-state index contributed by atoms with van der Waals surface area (Å²) in [6.45, 7) is 1.67. The third kappa shape index (κ3) is 3.74. The Hall–Kier alpha value is -1.89. The Morgan fingerprint density at radius 2 is 2.04 bits per heavy atom. The molecule has 0 spiro atoms. The topological polar surface area (TPSA) is 84.2 Å². The summed E-state index contributed by atoms with van der Waals surface area (Å²) in [5.74, 6) is -0.0785. The normalized spacial score (nSPS) is 21.2. The molecular weight excluding hydrogens is 382 g/mol. The number of fused-ring (bicyclic) bond motifs is 1. The SMILES string of the molecule is NC(=O)c1c(CC2CCC2C(=O)Nc2ccc(Cl)cc2)sc2c1CCNC2. The molecule has 5 nitrogen and oxygen atoms in total. The lowest BCUT2D eigenvalue weighted by Gasteiger charge is -2.35. The maximum atomic E-state index is 12.7. The summed E-state index contributed by atoms with van der Waals surface area (Å²) in [4.78, 5) is 27.0. The summed E-state index contributed by atoms with van der Waals surface area (Å²) in [6, 6.07) is 7.14. The molecular formula is C20H22ClN3O2S. The summed E-state index contributed by atoms with van der Waals surface area (Å²) in [7, 11) is 0. The first-order valence-electron chi connectivity index (χ1n) is 9.23. The summed E-state index contributed by atoms with van der Waals surface area (Å²) in [6.07, 6.45) is 3.46. The van der Waals surface area contributed by atoms with E-state index in [-0.39, 0.29) is 23.7 Å². The summed E-state index contributed by atoms with van der Waals surface area (Å²) < 4.78 is 0. The van der Waals surface area contributed by atoms with Crippen molar-refractivity contribution >= 4 is 40.4 Å². The highest BCUT2D eigenvalue weighted by Crippen LogP contribution is 2.41. The third-order valence-corrected chi connectivity index (χ3v) is 7.07. The number of anilines is 1. The van der Waals surface area contributed by atoms with Gasteiger partial charge in [0.25, 0.3) is 0 Å². The summed E-state index contributed by atoms with van der Waals surface area (Å²) >= 11 is 7.57. The minimum atomic E-state index is -0.342. The van der Waals surface area contributed by atoms with Crippen molar-refractivity contribution in [1.29, 1.82) is 0 Å². The molecule has 1 fully saturated rings. The molecule has 2 heterocycles. The van der Waals surface area contributed by atoms with E-state index in [1.807, 2.05) is 0 Å². The lowest BCUT2D eigenvalue weighted by atomic mass is 9.71. The second-order valence-corrected chi connectivity index (χ2v) is 8.86. The van der Waals surface area contributed by atoms with Crippen LogP contribution in [0.15, 0.2) is 24.3 Å². The van der Waals surface area contributed by atoms with Gasteiger partial charge in [-0.2, -0.15) is 0 Å². The van der Waals surface area contributed by atoms with Gasteiger partial charge in [0, 0.05) is 32.9 Å². The average Bonchev–Trinajstić information content (AvgIpc) is 2.99. The summed E-state index contributed by atoms with van der Waals surface area (Å²) in [5, 5.41) is 6.97. The first-order valence-corrected chi connectivity index (χ1v) is 10.4. The Morgan fingerprint density at radius 1 is 1.26 bits per heavy atom. The van der Waals surface area contributed by atoms with Crippen LogP contribution in [0.4, 0.5) is 5.69 Å². The van der Waals surface area contributed by atoms with E-state index in [0.29, 0.717) is 10.6 Å². The molecule has 2 atom stereocenters. The number of benzene rings is 1. The van der Waals surface area contributed by atoms with Crippen molar-refractivity contribution in [2.24, 2.45) is 17.6 Å². The number of hydrogen-bond acceptors (Lipinski definition) is 4. The van der Waals surface area contributed by atoms with E-state index in [1.165, 1.54) is 4.88 Å². The number of thiophene rings is 1. The zero-order valence-electron chi connectivity index (χ0n) is 14.9. The average molecular weight is 404 g/mol. The first-order chi connectivity index (χ1) is 13.0. The molecule has 4 N–H and O–H groups in total. The molecule has 0 radical (unpaired) electrons. The molecule has 1 aliphatic carbocycles. The van der Waals surface area contributed by atoms with Crippen LogP contribution in [0.3, 0.4) is 0 Å². The molecule has 0 saturated heterocycles. The van der Waals surface area contributed by atoms with Crippen molar-refractivity contribution in [2.75, 3.05) is 11.9 Å². The van der Waals surface area contributed by atoms with Crippen LogP contribution in [0.2, 0.25) is 5.02 Å². The fourth-order valence-electron chi connectivity index (χ4n) is 3.99. The Morgan fingerprint density at radius 3 is 2.70 bits per heavy atom. The number of primary amides is 1. The van der Waals surface area contributed by atoms with Crippen molar-refractivity contribution in [3.63, 3.8) is 0 Å². The molecule has 1 aliphatic heterocycles. The van der Waals surface area contributed by atoms with Crippen molar-refractivity contribution in [2.45, 2.75) is 32.2 Å². The lowest BCUT2D eigenvalue weighted by Crippen LogP contribution is -2.38.